The summed E-state index contributed by atoms with van der Waals surface area (Å²) in [6, 6.07) is 26.7. The van der Waals surface area contributed by atoms with E-state index in [-0.39, 0.29) is 11.9 Å². The largest absolute Gasteiger partial charge is 0.367 e. The highest BCUT2D eigenvalue weighted by Crippen LogP contribution is 2.51. The molecule has 5 heteroatoms. The predicted octanol–water partition coefficient (Wildman–Crippen LogP) is 6.13. The molecule has 3 aromatic rings. The average molecular weight is 470 g/mol. The number of benzene rings is 3. The third-order valence-electron chi connectivity index (χ3n) is 7.94. The summed E-state index contributed by atoms with van der Waals surface area (Å²) in [6.07, 6.45) is 3.76. The molecule has 0 N–H and O–H groups in total. The van der Waals surface area contributed by atoms with E-state index in [4.69, 9.17) is 16.7 Å². The Labute approximate surface area is 205 Å². The number of carbonyl (C=O) groups excluding carboxylic acids is 1. The number of hydrazone groups is 1. The van der Waals surface area contributed by atoms with Crippen molar-refractivity contribution in [3.8, 4) is 0 Å². The Balaban J connectivity index is 1.41. The number of amides is 1. The van der Waals surface area contributed by atoms with E-state index in [0.29, 0.717) is 12.3 Å². The second kappa shape index (κ2) is 8.28. The Kier molecular flexibility index (Phi) is 5.22. The second-order valence-electron chi connectivity index (χ2n) is 9.85. The topological polar surface area (TPSA) is 35.9 Å². The van der Waals surface area contributed by atoms with Crippen molar-refractivity contribution in [2.75, 3.05) is 16.5 Å². The van der Waals surface area contributed by atoms with Crippen LogP contribution in [-0.4, -0.2) is 24.2 Å². The standard InChI is InChI=1S/C29H28ClN3O/c1-20-29(28(34)33(31-20)25-10-6-3-7-11-25)19-23-12-13-24(30)18-26(23)32-15-14-22(17-27(29)32)16-21-8-4-2-5-9-21/h2-13,18,22,27H,14-17,19H2,1H3/t22-,27-,29+/m0/s1. The summed E-state index contributed by atoms with van der Waals surface area (Å²) in [7, 11) is 0. The molecule has 1 spiro atoms. The molecule has 1 amide bonds. The number of para-hydroxylation sites is 1. The Morgan fingerprint density at radius 1 is 1.03 bits per heavy atom. The molecule has 3 aliphatic heterocycles. The lowest BCUT2D eigenvalue weighted by molar-refractivity contribution is -0.125. The molecule has 0 saturated carbocycles. The number of nitrogens with zero attached hydrogens (tertiary/aromatic N) is 3. The summed E-state index contributed by atoms with van der Waals surface area (Å²) in [5, 5.41) is 7.23. The smallest absolute Gasteiger partial charge is 0.261 e. The monoisotopic (exact) mass is 469 g/mol. The van der Waals surface area contributed by atoms with Crippen molar-refractivity contribution in [2.45, 2.75) is 38.6 Å². The summed E-state index contributed by atoms with van der Waals surface area (Å²) in [5.74, 6) is 0.611. The number of rotatable bonds is 3. The fraction of sp³-hybridized carbons (Fsp3) is 0.310. The minimum absolute atomic E-state index is 0.0610. The molecule has 6 rings (SSSR count). The van der Waals surface area contributed by atoms with Crippen molar-refractivity contribution in [2.24, 2.45) is 16.4 Å². The zero-order valence-electron chi connectivity index (χ0n) is 19.3. The number of anilines is 2. The molecule has 0 aromatic heterocycles. The van der Waals surface area contributed by atoms with Crippen molar-refractivity contribution in [1.82, 2.24) is 0 Å². The number of halogens is 1. The molecule has 0 radical (unpaired) electrons. The quantitative estimate of drug-likeness (QED) is 0.462. The number of hydrogen-bond donors (Lipinski definition) is 0. The van der Waals surface area contributed by atoms with E-state index >= 15 is 0 Å². The third kappa shape index (κ3) is 3.35. The molecule has 3 aromatic carbocycles. The minimum Gasteiger partial charge on any atom is -0.367 e. The van der Waals surface area contributed by atoms with Crippen LogP contribution in [0.25, 0.3) is 0 Å². The van der Waals surface area contributed by atoms with Gasteiger partial charge in [-0.3, -0.25) is 4.79 Å². The Hall–Kier alpha value is -3.11. The summed E-state index contributed by atoms with van der Waals surface area (Å²) in [6.45, 7) is 2.96. The van der Waals surface area contributed by atoms with Crippen molar-refractivity contribution >= 4 is 34.6 Å². The third-order valence-corrected chi connectivity index (χ3v) is 8.18. The highest BCUT2D eigenvalue weighted by molar-refractivity contribution is 6.31. The maximum Gasteiger partial charge on any atom is 0.261 e. The lowest BCUT2D eigenvalue weighted by atomic mass is 9.64. The normalized spacial score (nSPS) is 25.8. The summed E-state index contributed by atoms with van der Waals surface area (Å²) in [4.78, 5) is 16.7. The predicted molar refractivity (Wildman–Crippen MR) is 139 cm³/mol. The minimum atomic E-state index is -0.661. The summed E-state index contributed by atoms with van der Waals surface area (Å²) < 4.78 is 0. The van der Waals surface area contributed by atoms with Gasteiger partial charge in [0.05, 0.1) is 11.4 Å². The Bertz CT molecular complexity index is 1260. The second-order valence-corrected chi connectivity index (χ2v) is 10.3. The van der Waals surface area contributed by atoms with Gasteiger partial charge in [0.2, 0.25) is 0 Å². The van der Waals surface area contributed by atoms with E-state index in [0.717, 1.165) is 42.2 Å². The molecule has 3 heterocycles. The maximum absolute atomic E-state index is 14.2. The van der Waals surface area contributed by atoms with Crippen LogP contribution in [0.15, 0.2) is 84.0 Å². The molecule has 0 bridgehead atoms. The summed E-state index contributed by atoms with van der Waals surface area (Å²) >= 11 is 6.43. The van der Waals surface area contributed by atoms with E-state index in [9.17, 15) is 4.79 Å². The van der Waals surface area contributed by atoms with E-state index in [1.807, 2.05) is 43.3 Å². The van der Waals surface area contributed by atoms with Gasteiger partial charge >= 0.3 is 0 Å². The van der Waals surface area contributed by atoms with Crippen LogP contribution in [0.5, 0.6) is 0 Å². The van der Waals surface area contributed by atoms with Gasteiger partial charge in [0.1, 0.15) is 5.41 Å². The van der Waals surface area contributed by atoms with Crippen LogP contribution in [0.2, 0.25) is 5.02 Å². The highest BCUT2D eigenvalue weighted by atomic mass is 35.5. The molecule has 1 fully saturated rings. The fourth-order valence-electron chi connectivity index (χ4n) is 6.26. The molecule has 3 atom stereocenters. The number of hydrogen-bond acceptors (Lipinski definition) is 3. The van der Waals surface area contributed by atoms with Crippen molar-refractivity contribution in [3.63, 3.8) is 0 Å². The first-order chi connectivity index (χ1) is 16.6. The molecule has 3 aliphatic rings. The molecule has 34 heavy (non-hydrogen) atoms. The molecule has 4 nitrogen and oxygen atoms in total. The first-order valence-electron chi connectivity index (χ1n) is 12.1. The zero-order chi connectivity index (χ0) is 23.3. The number of piperidine rings is 1. The van der Waals surface area contributed by atoms with E-state index < -0.39 is 5.41 Å². The lowest BCUT2D eigenvalue weighted by Gasteiger charge is -2.52. The van der Waals surface area contributed by atoms with Crippen LogP contribution in [-0.2, 0) is 17.6 Å². The summed E-state index contributed by atoms with van der Waals surface area (Å²) in [5.41, 5.74) is 4.81. The molecule has 0 aliphatic carbocycles. The fourth-order valence-corrected chi connectivity index (χ4v) is 6.42. The van der Waals surface area contributed by atoms with Crippen LogP contribution < -0.4 is 9.91 Å². The van der Waals surface area contributed by atoms with Gasteiger partial charge in [0.15, 0.2) is 0 Å². The first kappa shape index (κ1) is 21.4. The van der Waals surface area contributed by atoms with Gasteiger partial charge in [0, 0.05) is 23.3 Å². The van der Waals surface area contributed by atoms with Crippen LogP contribution >= 0.6 is 11.6 Å². The lowest BCUT2D eigenvalue weighted by Crippen LogP contribution is -2.62. The molecular weight excluding hydrogens is 442 g/mol. The van der Waals surface area contributed by atoms with E-state index in [1.54, 1.807) is 5.01 Å². The van der Waals surface area contributed by atoms with Crippen LogP contribution in [0.3, 0.4) is 0 Å². The van der Waals surface area contributed by atoms with Crippen LogP contribution in [0.4, 0.5) is 11.4 Å². The van der Waals surface area contributed by atoms with Crippen molar-refractivity contribution < 1.29 is 4.79 Å². The van der Waals surface area contributed by atoms with Crippen LogP contribution in [0, 0.1) is 11.3 Å². The van der Waals surface area contributed by atoms with Crippen LogP contribution in [0.1, 0.15) is 30.9 Å². The number of fused-ring (bicyclic) bond motifs is 4. The van der Waals surface area contributed by atoms with Gasteiger partial charge in [-0.25, -0.2) is 0 Å². The first-order valence-corrected chi connectivity index (χ1v) is 12.5. The van der Waals surface area contributed by atoms with Gasteiger partial charge in [-0.1, -0.05) is 66.2 Å². The zero-order valence-corrected chi connectivity index (χ0v) is 20.1. The molecule has 1 saturated heterocycles. The Morgan fingerprint density at radius 2 is 1.76 bits per heavy atom. The van der Waals surface area contributed by atoms with Crippen molar-refractivity contribution in [1.29, 1.82) is 0 Å². The molecular formula is C29H28ClN3O. The average Bonchev–Trinajstić information content (AvgIpc) is 3.11. The van der Waals surface area contributed by atoms with Crippen molar-refractivity contribution in [3.05, 3.63) is 95.0 Å². The van der Waals surface area contributed by atoms with Gasteiger partial charge in [-0.05, 0) is 73.9 Å². The Morgan fingerprint density at radius 3 is 2.53 bits per heavy atom. The van der Waals surface area contributed by atoms with E-state index in [1.165, 1.54) is 16.8 Å². The number of carbonyl (C=O) groups is 1. The molecule has 172 valence electrons. The SMILES string of the molecule is CC1=NN(c2ccccc2)C(=O)[C@]12Cc1ccc(Cl)cc1N1CC[C@@H](Cc3ccccc3)C[C@H]12. The maximum atomic E-state index is 14.2. The van der Waals surface area contributed by atoms with Gasteiger partial charge in [-0.2, -0.15) is 10.1 Å². The highest BCUT2D eigenvalue weighted by Gasteiger charge is 2.59. The van der Waals surface area contributed by atoms with Gasteiger partial charge in [-0.15, -0.1) is 0 Å². The van der Waals surface area contributed by atoms with Gasteiger partial charge in [0.25, 0.3) is 5.91 Å². The molecule has 0 unspecified atom stereocenters. The van der Waals surface area contributed by atoms with E-state index in [2.05, 4.69) is 47.4 Å². The van der Waals surface area contributed by atoms with Gasteiger partial charge < -0.3 is 4.90 Å².